The Hall–Kier alpha value is -1.64. The minimum Gasteiger partial charge on any atom is -0.495 e. The van der Waals surface area contributed by atoms with Crippen LogP contribution >= 0.6 is 0 Å². The molecule has 2 aliphatic heterocycles. The standard InChI is InChI=1S/C22H35N3O4S/c1-17-8-4-6-13-24(17)15-12-23-22(26)19-10-11-20(29-3)21(16-19)30(27,28)25-14-7-5-9-18(25)2/h10-11,16-18H,4-9,12-15H2,1-3H3,(H,23,26). The van der Waals surface area contributed by atoms with E-state index in [1.54, 1.807) is 12.1 Å². The smallest absolute Gasteiger partial charge is 0.251 e. The van der Waals surface area contributed by atoms with Gasteiger partial charge in [0, 0.05) is 37.3 Å². The summed E-state index contributed by atoms with van der Waals surface area (Å²) in [5.74, 6) is 0.0110. The van der Waals surface area contributed by atoms with Crippen molar-refractivity contribution in [2.75, 3.05) is 33.3 Å². The average Bonchev–Trinajstić information content (AvgIpc) is 2.74. The van der Waals surface area contributed by atoms with Crippen molar-refractivity contribution < 1.29 is 17.9 Å². The van der Waals surface area contributed by atoms with E-state index in [1.807, 2.05) is 6.92 Å². The molecular weight excluding hydrogens is 402 g/mol. The molecule has 8 heteroatoms. The lowest BCUT2D eigenvalue weighted by Crippen LogP contribution is -2.42. The molecule has 1 N–H and O–H groups in total. The molecule has 2 atom stereocenters. The van der Waals surface area contributed by atoms with Crippen molar-refractivity contribution in [2.24, 2.45) is 0 Å². The van der Waals surface area contributed by atoms with Gasteiger partial charge in [-0.25, -0.2) is 8.42 Å². The number of carbonyl (C=O) groups is 1. The minimum absolute atomic E-state index is 0.0579. The Morgan fingerprint density at radius 1 is 1.10 bits per heavy atom. The molecule has 0 saturated carbocycles. The Morgan fingerprint density at radius 2 is 1.80 bits per heavy atom. The van der Waals surface area contributed by atoms with Crippen LogP contribution in [0.2, 0.25) is 0 Å². The van der Waals surface area contributed by atoms with Crippen molar-refractivity contribution in [1.82, 2.24) is 14.5 Å². The monoisotopic (exact) mass is 437 g/mol. The fourth-order valence-electron chi connectivity index (χ4n) is 4.48. The summed E-state index contributed by atoms with van der Waals surface area (Å²) in [6.45, 7) is 7.07. The van der Waals surface area contributed by atoms with Crippen molar-refractivity contribution in [3.05, 3.63) is 23.8 Å². The molecule has 0 aromatic heterocycles. The van der Waals surface area contributed by atoms with Gasteiger partial charge in [0.05, 0.1) is 7.11 Å². The SMILES string of the molecule is COc1ccc(C(=O)NCCN2CCCCC2C)cc1S(=O)(=O)N1CCCCC1C. The van der Waals surface area contributed by atoms with Gasteiger partial charge in [0.2, 0.25) is 10.0 Å². The maximum absolute atomic E-state index is 13.3. The number of methoxy groups -OCH3 is 1. The lowest BCUT2D eigenvalue weighted by Gasteiger charge is -2.33. The number of nitrogens with one attached hydrogen (secondary N) is 1. The number of nitrogens with zero attached hydrogens (tertiary/aromatic N) is 2. The summed E-state index contributed by atoms with van der Waals surface area (Å²) >= 11 is 0. The second-order valence-corrected chi connectivity index (χ2v) is 10.3. The molecule has 2 saturated heterocycles. The third-order valence-corrected chi connectivity index (χ3v) is 8.41. The Bertz CT molecular complexity index is 843. The topological polar surface area (TPSA) is 79.0 Å². The number of hydrogen-bond acceptors (Lipinski definition) is 5. The van der Waals surface area contributed by atoms with Gasteiger partial charge in [-0.3, -0.25) is 9.69 Å². The normalized spacial score (nSPS) is 23.8. The zero-order valence-corrected chi connectivity index (χ0v) is 19.2. The number of rotatable bonds is 7. The molecule has 2 unspecified atom stereocenters. The highest BCUT2D eigenvalue weighted by Crippen LogP contribution is 2.31. The van der Waals surface area contributed by atoms with E-state index in [1.165, 1.54) is 36.7 Å². The number of sulfonamides is 1. The molecule has 2 fully saturated rings. The largest absolute Gasteiger partial charge is 0.495 e. The predicted molar refractivity (Wildman–Crippen MR) is 117 cm³/mol. The maximum atomic E-state index is 13.3. The summed E-state index contributed by atoms with van der Waals surface area (Å²) in [6.07, 6.45) is 6.39. The summed E-state index contributed by atoms with van der Waals surface area (Å²) in [4.78, 5) is 15.2. The highest BCUT2D eigenvalue weighted by molar-refractivity contribution is 7.89. The van der Waals surface area contributed by atoms with Crippen LogP contribution in [0.3, 0.4) is 0 Å². The van der Waals surface area contributed by atoms with Crippen molar-refractivity contribution in [3.8, 4) is 5.75 Å². The molecule has 1 amide bonds. The molecule has 3 rings (SSSR count). The van der Waals surface area contributed by atoms with E-state index >= 15 is 0 Å². The number of likely N-dealkylation sites (tertiary alicyclic amines) is 1. The van der Waals surface area contributed by atoms with E-state index in [2.05, 4.69) is 17.1 Å². The summed E-state index contributed by atoms with van der Waals surface area (Å²) in [5, 5.41) is 2.94. The second kappa shape index (κ2) is 10.1. The molecule has 2 heterocycles. The molecule has 30 heavy (non-hydrogen) atoms. The van der Waals surface area contributed by atoms with Crippen molar-refractivity contribution in [2.45, 2.75) is 69.4 Å². The molecule has 168 valence electrons. The average molecular weight is 438 g/mol. The molecule has 1 aromatic carbocycles. The highest BCUT2D eigenvalue weighted by atomic mass is 32.2. The number of amides is 1. The lowest BCUT2D eigenvalue weighted by molar-refractivity contribution is 0.0938. The summed E-state index contributed by atoms with van der Waals surface area (Å²) in [7, 11) is -2.28. The van der Waals surface area contributed by atoms with Gasteiger partial charge in [-0.2, -0.15) is 4.31 Å². The van der Waals surface area contributed by atoms with E-state index < -0.39 is 10.0 Å². The quantitative estimate of drug-likeness (QED) is 0.710. The molecule has 0 radical (unpaired) electrons. The Morgan fingerprint density at radius 3 is 2.47 bits per heavy atom. The van der Waals surface area contributed by atoms with Crippen LogP contribution in [0.1, 0.15) is 62.7 Å². The van der Waals surface area contributed by atoms with Gasteiger partial charge in [-0.05, 0) is 64.3 Å². The zero-order valence-electron chi connectivity index (χ0n) is 18.4. The fraction of sp³-hybridized carbons (Fsp3) is 0.682. The van der Waals surface area contributed by atoms with Gasteiger partial charge in [-0.15, -0.1) is 0 Å². The summed E-state index contributed by atoms with van der Waals surface area (Å²) in [6, 6.07) is 5.13. The van der Waals surface area contributed by atoms with Gasteiger partial charge >= 0.3 is 0 Å². The van der Waals surface area contributed by atoms with Crippen LogP contribution in [-0.4, -0.2) is 68.9 Å². The van der Waals surface area contributed by atoms with Crippen molar-refractivity contribution in [1.29, 1.82) is 0 Å². The van der Waals surface area contributed by atoms with Gasteiger partial charge in [0.15, 0.2) is 0 Å². The highest BCUT2D eigenvalue weighted by Gasteiger charge is 2.33. The molecule has 7 nitrogen and oxygen atoms in total. The van der Waals surface area contributed by atoms with E-state index in [0.717, 1.165) is 32.4 Å². The number of ether oxygens (including phenoxy) is 1. The van der Waals surface area contributed by atoms with Crippen LogP contribution in [0, 0.1) is 0 Å². The number of benzene rings is 1. The van der Waals surface area contributed by atoms with E-state index in [0.29, 0.717) is 24.7 Å². The second-order valence-electron chi connectivity index (χ2n) is 8.46. The van der Waals surface area contributed by atoms with E-state index in [-0.39, 0.29) is 22.6 Å². The number of piperidine rings is 2. The summed E-state index contributed by atoms with van der Waals surface area (Å²) in [5.41, 5.74) is 0.339. The van der Waals surface area contributed by atoms with Crippen LogP contribution in [0.5, 0.6) is 5.75 Å². The van der Waals surface area contributed by atoms with Crippen molar-refractivity contribution >= 4 is 15.9 Å². The molecule has 1 aromatic rings. The van der Waals surface area contributed by atoms with Crippen LogP contribution in [0.4, 0.5) is 0 Å². The van der Waals surface area contributed by atoms with Crippen LogP contribution < -0.4 is 10.1 Å². The van der Waals surface area contributed by atoms with Gasteiger partial charge in [0.25, 0.3) is 5.91 Å². The third kappa shape index (κ3) is 5.15. The maximum Gasteiger partial charge on any atom is 0.251 e. The minimum atomic E-state index is -3.73. The van der Waals surface area contributed by atoms with Gasteiger partial charge in [-0.1, -0.05) is 12.8 Å². The Balaban J connectivity index is 1.72. The zero-order chi connectivity index (χ0) is 21.7. The van der Waals surface area contributed by atoms with Crippen LogP contribution in [0.15, 0.2) is 23.1 Å². The molecular formula is C22H35N3O4S. The Kier molecular flexibility index (Phi) is 7.76. The van der Waals surface area contributed by atoms with Crippen molar-refractivity contribution in [3.63, 3.8) is 0 Å². The first-order valence-electron chi connectivity index (χ1n) is 11.1. The summed E-state index contributed by atoms with van der Waals surface area (Å²) < 4.78 is 33.5. The van der Waals surface area contributed by atoms with Crippen LogP contribution in [-0.2, 0) is 10.0 Å². The molecule has 0 aliphatic carbocycles. The fourth-order valence-corrected chi connectivity index (χ4v) is 6.36. The lowest BCUT2D eigenvalue weighted by atomic mass is 10.0. The number of carbonyl (C=O) groups excluding carboxylic acids is 1. The van der Waals surface area contributed by atoms with E-state index in [4.69, 9.17) is 4.74 Å². The van der Waals surface area contributed by atoms with E-state index in [9.17, 15) is 13.2 Å². The first kappa shape index (κ1) is 23.0. The molecule has 0 spiro atoms. The van der Waals surface area contributed by atoms with Crippen LogP contribution in [0.25, 0.3) is 0 Å². The third-order valence-electron chi connectivity index (χ3n) is 6.38. The first-order chi connectivity index (χ1) is 14.3. The predicted octanol–water partition coefficient (Wildman–Crippen LogP) is 2.86. The van der Waals surface area contributed by atoms with Gasteiger partial charge in [0.1, 0.15) is 10.6 Å². The molecule has 2 aliphatic rings. The first-order valence-corrected chi connectivity index (χ1v) is 12.5. The van der Waals surface area contributed by atoms with Gasteiger partial charge < -0.3 is 10.1 Å². The molecule has 0 bridgehead atoms. The Labute approximate surface area is 180 Å². The number of hydrogen-bond donors (Lipinski definition) is 1.